The third-order valence-electron chi connectivity index (χ3n) is 7.43. The third kappa shape index (κ3) is 6.40. The monoisotopic (exact) mass is 796 g/mol. The van der Waals surface area contributed by atoms with Gasteiger partial charge in [0.25, 0.3) is 31.4 Å². The number of sulfonamides is 2. The van der Waals surface area contributed by atoms with Gasteiger partial charge in [-0.25, -0.2) is 4.98 Å². The molecule has 0 aliphatic carbocycles. The van der Waals surface area contributed by atoms with E-state index in [9.17, 15) is 37.1 Å². The number of pyridine rings is 1. The number of halogens is 2. The molecule has 3 heterocycles. The highest BCUT2D eigenvalue weighted by molar-refractivity contribution is 9.10. The fourth-order valence-corrected chi connectivity index (χ4v) is 9.66. The molecule has 16 nitrogen and oxygen atoms in total. The Kier molecular flexibility index (Phi) is 9.48. The normalized spacial score (nSPS) is 16.2. The Morgan fingerprint density at radius 3 is 2.04 bits per heavy atom. The number of nitro benzene ring substituents is 2. The number of anilines is 1. The SMILES string of the molecule is O=[N+]([O-])c1ccccc1S(=O)(=O)N(c1nc(Cl)c(Br)cc1OC[C@H]1COc2cccc(C3OCCO3)c21)S(=O)(=O)c1ccccc1[N+](=O)[O-]. The van der Waals surface area contributed by atoms with Crippen molar-refractivity contribution in [2.75, 3.05) is 30.1 Å². The molecule has 1 fully saturated rings. The fraction of sp³-hybridized carbons (Fsp3) is 0.207. The number of nitro groups is 2. The van der Waals surface area contributed by atoms with Gasteiger partial charge in [0.1, 0.15) is 10.9 Å². The Labute approximate surface area is 291 Å². The first-order chi connectivity index (χ1) is 23.3. The molecule has 3 aromatic carbocycles. The van der Waals surface area contributed by atoms with E-state index >= 15 is 0 Å². The van der Waals surface area contributed by atoms with Crippen LogP contribution in [0.25, 0.3) is 0 Å². The molecule has 0 bridgehead atoms. The lowest BCUT2D eigenvalue weighted by atomic mass is 9.96. The number of para-hydroxylation sites is 2. The van der Waals surface area contributed by atoms with Gasteiger partial charge in [-0.2, -0.15) is 16.8 Å². The zero-order valence-corrected chi connectivity index (χ0v) is 28.6. The number of fused-ring (bicyclic) bond motifs is 1. The number of hydrogen-bond acceptors (Lipinski definition) is 13. The largest absolute Gasteiger partial charge is 0.493 e. The van der Waals surface area contributed by atoms with Crippen LogP contribution in [-0.2, 0) is 29.5 Å². The molecule has 20 heteroatoms. The summed E-state index contributed by atoms with van der Waals surface area (Å²) in [6, 6.07) is 14.4. The molecule has 0 saturated carbocycles. The molecule has 49 heavy (non-hydrogen) atoms. The van der Waals surface area contributed by atoms with Crippen LogP contribution in [0.5, 0.6) is 11.5 Å². The maximum absolute atomic E-state index is 14.4. The van der Waals surface area contributed by atoms with Crippen LogP contribution < -0.4 is 13.2 Å². The molecular weight excluding hydrogens is 776 g/mol. The Morgan fingerprint density at radius 2 is 1.47 bits per heavy atom. The van der Waals surface area contributed by atoms with Gasteiger partial charge in [-0.3, -0.25) is 20.2 Å². The number of nitrogens with zero attached hydrogens (tertiary/aromatic N) is 4. The van der Waals surface area contributed by atoms with E-state index in [0.29, 0.717) is 30.1 Å². The summed E-state index contributed by atoms with van der Waals surface area (Å²) >= 11 is 9.47. The van der Waals surface area contributed by atoms with E-state index in [0.717, 1.165) is 42.5 Å². The lowest BCUT2D eigenvalue weighted by Gasteiger charge is -2.25. The molecule has 0 amide bonds. The molecule has 1 saturated heterocycles. The average molecular weight is 798 g/mol. The zero-order valence-electron chi connectivity index (χ0n) is 24.7. The summed E-state index contributed by atoms with van der Waals surface area (Å²) in [5.74, 6) is -1.38. The maximum atomic E-state index is 14.4. The van der Waals surface area contributed by atoms with Crippen LogP contribution in [0.3, 0.4) is 0 Å². The van der Waals surface area contributed by atoms with E-state index in [1.54, 1.807) is 18.2 Å². The Morgan fingerprint density at radius 1 is 0.898 bits per heavy atom. The van der Waals surface area contributed by atoms with Crippen LogP contribution in [0.4, 0.5) is 17.2 Å². The van der Waals surface area contributed by atoms with Gasteiger partial charge in [0, 0.05) is 29.3 Å². The highest BCUT2D eigenvalue weighted by Gasteiger charge is 2.45. The van der Waals surface area contributed by atoms with Crippen molar-refractivity contribution >= 4 is 64.8 Å². The topological polar surface area (TPSA) is 208 Å². The molecule has 4 aromatic rings. The first-order valence-electron chi connectivity index (χ1n) is 14.1. The minimum Gasteiger partial charge on any atom is -0.493 e. The number of rotatable bonds is 11. The summed E-state index contributed by atoms with van der Waals surface area (Å²) in [5, 5.41) is 23.4. The van der Waals surface area contributed by atoms with Gasteiger partial charge in [-0.1, -0.05) is 48.0 Å². The van der Waals surface area contributed by atoms with Crippen LogP contribution in [0.1, 0.15) is 23.3 Å². The first kappa shape index (κ1) is 34.5. The average Bonchev–Trinajstić information content (AvgIpc) is 3.76. The molecule has 0 spiro atoms. The summed E-state index contributed by atoms with van der Waals surface area (Å²) in [6.45, 7) is 0.637. The number of ether oxygens (including phenoxy) is 4. The van der Waals surface area contributed by atoms with Crippen molar-refractivity contribution in [2.24, 2.45) is 0 Å². The molecule has 256 valence electrons. The van der Waals surface area contributed by atoms with Crippen LogP contribution in [0.15, 0.2) is 87.1 Å². The molecule has 1 aromatic heterocycles. The van der Waals surface area contributed by atoms with Gasteiger partial charge < -0.3 is 18.9 Å². The molecule has 0 unspecified atom stereocenters. The lowest BCUT2D eigenvalue weighted by Crippen LogP contribution is -2.38. The molecule has 0 N–H and O–H groups in total. The van der Waals surface area contributed by atoms with Crippen molar-refractivity contribution in [1.29, 1.82) is 0 Å². The van der Waals surface area contributed by atoms with Gasteiger partial charge in [-0.15, -0.1) is 3.71 Å². The Balaban J connectivity index is 1.51. The van der Waals surface area contributed by atoms with Gasteiger partial charge in [0.05, 0.1) is 46.7 Å². The summed E-state index contributed by atoms with van der Waals surface area (Å²) < 4.78 is 80.7. The van der Waals surface area contributed by atoms with Crippen LogP contribution in [0.2, 0.25) is 5.15 Å². The van der Waals surface area contributed by atoms with E-state index in [2.05, 4.69) is 20.9 Å². The second kappa shape index (κ2) is 13.5. The van der Waals surface area contributed by atoms with Gasteiger partial charge >= 0.3 is 0 Å². The van der Waals surface area contributed by atoms with Crippen molar-refractivity contribution in [1.82, 2.24) is 4.98 Å². The van der Waals surface area contributed by atoms with Crippen molar-refractivity contribution in [3.63, 3.8) is 0 Å². The first-order valence-corrected chi connectivity index (χ1v) is 18.1. The molecule has 2 aliphatic heterocycles. The van der Waals surface area contributed by atoms with E-state index in [4.69, 9.17) is 30.5 Å². The number of aromatic nitrogens is 1. The van der Waals surface area contributed by atoms with Gasteiger partial charge in [0.15, 0.2) is 21.8 Å². The molecule has 6 rings (SSSR count). The maximum Gasteiger partial charge on any atom is 0.289 e. The van der Waals surface area contributed by atoms with E-state index in [-0.39, 0.29) is 21.4 Å². The molecule has 0 radical (unpaired) electrons. The zero-order chi connectivity index (χ0) is 35.1. The van der Waals surface area contributed by atoms with Crippen molar-refractivity contribution in [3.8, 4) is 11.5 Å². The summed E-state index contributed by atoms with van der Waals surface area (Å²) in [5.41, 5.74) is -0.579. The third-order valence-corrected chi connectivity index (χ3v) is 12.8. The highest BCUT2D eigenvalue weighted by atomic mass is 79.9. The number of benzene rings is 3. The quantitative estimate of drug-likeness (QED) is 0.105. The standard InChI is InChI=1S/C29H22BrClN4O12S2/c30-19-14-23(47-16-17-15-46-22-9-5-6-18(26(17)22)29-44-12-13-45-29)28(32-27(19)31)35(48(40,41)24-10-3-1-7-20(24)33(36)37)49(42,43)25-11-4-2-8-21(25)34(38)39/h1-11,14,17,29H,12-13,15-16H2/t17-/m1/s1. The highest BCUT2D eigenvalue weighted by Crippen LogP contribution is 2.44. The van der Waals surface area contributed by atoms with Crippen LogP contribution in [-0.4, -0.2) is 58.1 Å². The summed E-state index contributed by atoms with van der Waals surface area (Å²) in [6.07, 6.45) is -0.671. The summed E-state index contributed by atoms with van der Waals surface area (Å²) in [7, 11) is -11.1. The Hall–Kier alpha value is -4.40. The number of hydrogen-bond donors (Lipinski definition) is 0. The van der Waals surface area contributed by atoms with Gasteiger partial charge in [-0.05, 0) is 34.1 Å². The predicted molar refractivity (Wildman–Crippen MR) is 175 cm³/mol. The van der Waals surface area contributed by atoms with Crippen molar-refractivity contribution < 1.29 is 45.6 Å². The second-order valence-corrected chi connectivity index (χ2v) is 15.3. The molecule has 2 aliphatic rings. The van der Waals surface area contributed by atoms with E-state index in [1.165, 1.54) is 12.1 Å². The van der Waals surface area contributed by atoms with Gasteiger partial charge in [0.2, 0.25) is 5.82 Å². The minimum absolute atomic E-state index is 0.0653. The Bertz CT molecular complexity index is 2110. The second-order valence-electron chi connectivity index (χ2n) is 10.4. The minimum atomic E-state index is -5.53. The van der Waals surface area contributed by atoms with E-state index < -0.39 is 80.0 Å². The lowest BCUT2D eigenvalue weighted by molar-refractivity contribution is -0.388. The fourth-order valence-electron chi connectivity index (χ4n) is 5.33. The van der Waals surface area contributed by atoms with Crippen LogP contribution in [0, 0.1) is 20.2 Å². The molecule has 1 atom stereocenters. The smallest absolute Gasteiger partial charge is 0.289 e. The predicted octanol–water partition coefficient (Wildman–Crippen LogP) is 5.50. The van der Waals surface area contributed by atoms with Crippen molar-refractivity contribution in [3.05, 3.63) is 114 Å². The van der Waals surface area contributed by atoms with E-state index in [1.807, 2.05) is 0 Å². The van der Waals surface area contributed by atoms with Crippen LogP contribution >= 0.6 is 27.5 Å². The molecular formula is C29H22BrClN4O12S2. The van der Waals surface area contributed by atoms with Crippen molar-refractivity contribution in [2.45, 2.75) is 22.0 Å². The summed E-state index contributed by atoms with van der Waals surface area (Å²) in [4.78, 5) is 23.7.